The van der Waals surface area contributed by atoms with Crippen LogP contribution < -0.4 is 4.90 Å². The van der Waals surface area contributed by atoms with E-state index in [0.717, 1.165) is 26.9 Å². The van der Waals surface area contributed by atoms with Crippen molar-refractivity contribution in [2.45, 2.75) is 19.4 Å². The molecule has 2 aromatic carbocycles. The summed E-state index contributed by atoms with van der Waals surface area (Å²) in [7, 11) is 1.73. The second-order valence-corrected chi connectivity index (χ2v) is 6.60. The van der Waals surface area contributed by atoms with E-state index < -0.39 is 5.60 Å². The first-order chi connectivity index (χ1) is 9.88. The highest BCUT2D eigenvalue weighted by Crippen LogP contribution is 2.40. The number of ether oxygens (including phenoxy) is 1. The van der Waals surface area contributed by atoms with E-state index in [9.17, 15) is 4.79 Å². The Kier molecular flexibility index (Phi) is 3.29. The molecule has 0 saturated heterocycles. The minimum absolute atomic E-state index is 0.317. The fraction of sp³-hybridized carbons (Fsp3) is 0.235. The van der Waals surface area contributed by atoms with Gasteiger partial charge in [-0.1, -0.05) is 34.1 Å². The van der Waals surface area contributed by atoms with Gasteiger partial charge in [0, 0.05) is 17.1 Å². The SMILES string of the molecule is CN1C(=O)OC(C)(C)c2cc(-c3cccc(Br)c3)ccc21. The highest BCUT2D eigenvalue weighted by atomic mass is 79.9. The van der Waals surface area contributed by atoms with E-state index in [1.54, 1.807) is 11.9 Å². The van der Waals surface area contributed by atoms with Gasteiger partial charge in [-0.15, -0.1) is 0 Å². The summed E-state index contributed by atoms with van der Waals surface area (Å²) in [5.41, 5.74) is 3.52. The predicted molar refractivity (Wildman–Crippen MR) is 87.5 cm³/mol. The summed E-state index contributed by atoms with van der Waals surface area (Å²) in [6.07, 6.45) is -0.317. The van der Waals surface area contributed by atoms with Gasteiger partial charge in [-0.3, -0.25) is 4.90 Å². The summed E-state index contributed by atoms with van der Waals surface area (Å²) < 4.78 is 6.55. The van der Waals surface area contributed by atoms with E-state index >= 15 is 0 Å². The van der Waals surface area contributed by atoms with Crippen LogP contribution >= 0.6 is 15.9 Å². The molecule has 0 radical (unpaired) electrons. The molecule has 0 bridgehead atoms. The van der Waals surface area contributed by atoms with Crippen LogP contribution in [0, 0.1) is 0 Å². The van der Waals surface area contributed by atoms with Gasteiger partial charge in [0.1, 0.15) is 5.60 Å². The normalized spacial score (nSPS) is 16.4. The number of fused-ring (bicyclic) bond motifs is 1. The van der Waals surface area contributed by atoms with Crippen molar-refractivity contribution < 1.29 is 9.53 Å². The van der Waals surface area contributed by atoms with Crippen molar-refractivity contribution in [3.63, 3.8) is 0 Å². The lowest BCUT2D eigenvalue weighted by molar-refractivity contribution is 0.0362. The van der Waals surface area contributed by atoms with Crippen molar-refractivity contribution in [1.82, 2.24) is 0 Å². The fourth-order valence-corrected chi connectivity index (χ4v) is 3.00. The topological polar surface area (TPSA) is 29.5 Å². The summed E-state index contributed by atoms with van der Waals surface area (Å²) in [5.74, 6) is 0. The standard InChI is InChI=1S/C17H16BrNO2/c1-17(2)14-10-12(11-5-4-6-13(18)9-11)7-8-15(14)19(3)16(20)21-17/h4-10H,1-3H3. The molecule has 1 aliphatic heterocycles. The van der Waals surface area contributed by atoms with Crippen LogP contribution in [0.15, 0.2) is 46.9 Å². The lowest BCUT2D eigenvalue weighted by atomic mass is 9.91. The monoisotopic (exact) mass is 345 g/mol. The Morgan fingerprint density at radius 1 is 1.10 bits per heavy atom. The van der Waals surface area contributed by atoms with Crippen LogP contribution in [-0.2, 0) is 10.3 Å². The maximum atomic E-state index is 11.9. The number of halogens is 1. The van der Waals surface area contributed by atoms with Crippen LogP contribution in [0.5, 0.6) is 0 Å². The maximum Gasteiger partial charge on any atom is 0.414 e. The third kappa shape index (κ3) is 2.44. The third-order valence-corrected chi connectivity index (χ3v) is 4.27. The zero-order valence-corrected chi connectivity index (χ0v) is 13.8. The molecule has 21 heavy (non-hydrogen) atoms. The number of benzene rings is 2. The highest BCUT2D eigenvalue weighted by Gasteiger charge is 2.36. The van der Waals surface area contributed by atoms with E-state index in [2.05, 4.69) is 34.1 Å². The van der Waals surface area contributed by atoms with Gasteiger partial charge in [0.05, 0.1) is 5.69 Å². The molecule has 0 saturated carbocycles. The van der Waals surface area contributed by atoms with Crippen molar-refractivity contribution in [2.24, 2.45) is 0 Å². The van der Waals surface area contributed by atoms with Gasteiger partial charge >= 0.3 is 6.09 Å². The fourth-order valence-electron chi connectivity index (χ4n) is 2.60. The van der Waals surface area contributed by atoms with Gasteiger partial charge in [0.25, 0.3) is 0 Å². The van der Waals surface area contributed by atoms with Crippen molar-refractivity contribution >= 4 is 27.7 Å². The number of rotatable bonds is 1. The molecular weight excluding hydrogens is 330 g/mol. The largest absolute Gasteiger partial charge is 0.438 e. The maximum absolute atomic E-state index is 11.9. The predicted octanol–water partition coefficient (Wildman–Crippen LogP) is 4.94. The number of carbonyl (C=O) groups excluding carboxylic acids is 1. The van der Waals surface area contributed by atoms with E-state index in [1.165, 1.54) is 0 Å². The molecule has 0 aliphatic carbocycles. The summed E-state index contributed by atoms with van der Waals surface area (Å²) >= 11 is 3.50. The molecule has 3 nitrogen and oxygen atoms in total. The first-order valence-corrected chi connectivity index (χ1v) is 7.55. The third-order valence-electron chi connectivity index (χ3n) is 3.78. The number of amides is 1. The molecule has 3 rings (SSSR count). The van der Waals surface area contributed by atoms with E-state index in [1.807, 2.05) is 38.1 Å². The average Bonchev–Trinajstić information content (AvgIpc) is 2.44. The lowest BCUT2D eigenvalue weighted by Crippen LogP contribution is -2.41. The highest BCUT2D eigenvalue weighted by molar-refractivity contribution is 9.10. The van der Waals surface area contributed by atoms with E-state index in [4.69, 9.17) is 4.74 Å². The van der Waals surface area contributed by atoms with Gasteiger partial charge in [-0.2, -0.15) is 0 Å². The first-order valence-electron chi connectivity index (χ1n) is 6.76. The molecule has 0 fully saturated rings. The molecule has 0 atom stereocenters. The second kappa shape index (κ2) is 4.88. The van der Waals surface area contributed by atoms with Crippen molar-refractivity contribution in [3.8, 4) is 11.1 Å². The number of anilines is 1. The Hall–Kier alpha value is -1.81. The van der Waals surface area contributed by atoms with Gasteiger partial charge in [-0.05, 0) is 49.2 Å². The Morgan fingerprint density at radius 2 is 1.81 bits per heavy atom. The van der Waals surface area contributed by atoms with Crippen molar-refractivity contribution in [2.75, 3.05) is 11.9 Å². The zero-order valence-electron chi connectivity index (χ0n) is 12.2. The average molecular weight is 346 g/mol. The van der Waals surface area contributed by atoms with Crippen LogP contribution in [0.2, 0.25) is 0 Å². The molecule has 1 heterocycles. The summed E-state index contributed by atoms with van der Waals surface area (Å²) in [6, 6.07) is 14.3. The Morgan fingerprint density at radius 3 is 2.52 bits per heavy atom. The van der Waals surface area contributed by atoms with Crippen LogP contribution in [0.3, 0.4) is 0 Å². The Labute approximate surface area is 132 Å². The molecule has 0 N–H and O–H groups in total. The number of nitrogens with zero attached hydrogens (tertiary/aromatic N) is 1. The molecular formula is C17H16BrNO2. The number of hydrogen-bond acceptors (Lipinski definition) is 2. The Bertz CT molecular complexity index is 724. The quantitative estimate of drug-likeness (QED) is 0.732. The minimum atomic E-state index is -0.624. The van der Waals surface area contributed by atoms with E-state index in [0.29, 0.717) is 0 Å². The molecule has 0 unspecified atom stereocenters. The van der Waals surface area contributed by atoms with Crippen LogP contribution in [-0.4, -0.2) is 13.1 Å². The summed E-state index contributed by atoms with van der Waals surface area (Å²) in [4.78, 5) is 13.4. The second-order valence-electron chi connectivity index (χ2n) is 5.68. The smallest absolute Gasteiger partial charge is 0.414 e. The molecule has 0 aromatic heterocycles. The van der Waals surface area contributed by atoms with Crippen LogP contribution in [0.25, 0.3) is 11.1 Å². The van der Waals surface area contributed by atoms with E-state index in [-0.39, 0.29) is 6.09 Å². The van der Waals surface area contributed by atoms with Gasteiger partial charge in [0.15, 0.2) is 0 Å². The zero-order chi connectivity index (χ0) is 15.2. The van der Waals surface area contributed by atoms with Crippen molar-refractivity contribution in [3.05, 3.63) is 52.5 Å². The van der Waals surface area contributed by atoms with Gasteiger partial charge < -0.3 is 4.74 Å². The summed E-state index contributed by atoms with van der Waals surface area (Å²) in [6.45, 7) is 3.84. The molecule has 2 aromatic rings. The minimum Gasteiger partial charge on any atom is -0.438 e. The van der Waals surface area contributed by atoms with Crippen molar-refractivity contribution in [1.29, 1.82) is 0 Å². The van der Waals surface area contributed by atoms with Crippen LogP contribution in [0.1, 0.15) is 19.4 Å². The summed E-state index contributed by atoms with van der Waals surface area (Å²) in [5, 5.41) is 0. The molecule has 1 amide bonds. The molecule has 108 valence electrons. The van der Waals surface area contributed by atoms with Crippen LogP contribution in [0.4, 0.5) is 10.5 Å². The molecule has 4 heteroatoms. The number of carbonyl (C=O) groups is 1. The lowest BCUT2D eigenvalue weighted by Gasteiger charge is -2.37. The van der Waals surface area contributed by atoms with Gasteiger partial charge in [0.2, 0.25) is 0 Å². The first kappa shape index (κ1) is 14.1. The molecule has 1 aliphatic rings. The Balaban J connectivity index is 2.15. The number of cyclic esters (lactones) is 1. The molecule has 0 spiro atoms. The van der Waals surface area contributed by atoms with Gasteiger partial charge in [-0.25, -0.2) is 4.79 Å². The number of hydrogen-bond donors (Lipinski definition) is 0.